The highest BCUT2D eigenvalue weighted by Gasteiger charge is 2.48. The lowest BCUT2D eigenvalue weighted by Gasteiger charge is -2.23. The first-order valence-corrected chi connectivity index (χ1v) is 14.3. The standard InChI is InChI=1S/C29H24ClN3O5S2/c1-15-4-5-16(2)20(12-15)25(35)23-24(18-8-11-21(34)22(13-18)38-3)33(27(37)26(23)36)28-31-32-29(40-28)39-14-17-6-9-19(30)10-7-17/h4-13,24,34-35H,14H2,1-3H3. The summed E-state index contributed by atoms with van der Waals surface area (Å²) >= 11 is 8.58. The van der Waals surface area contributed by atoms with E-state index in [2.05, 4.69) is 10.2 Å². The van der Waals surface area contributed by atoms with Crippen LogP contribution in [-0.4, -0.2) is 39.2 Å². The number of methoxy groups -OCH3 is 1. The number of ketones is 1. The number of aromatic nitrogens is 2. The smallest absolute Gasteiger partial charge is 0.301 e. The summed E-state index contributed by atoms with van der Waals surface area (Å²) in [5.41, 5.74) is 3.48. The van der Waals surface area contributed by atoms with Gasteiger partial charge in [-0.05, 0) is 60.9 Å². The molecule has 4 aromatic rings. The topological polar surface area (TPSA) is 113 Å². The van der Waals surface area contributed by atoms with Crippen molar-refractivity contribution in [2.24, 2.45) is 0 Å². The van der Waals surface area contributed by atoms with E-state index in [1.54, 1.807) is 12.1 Å². The average molecular weight is 594 g/mol. The Hall–Kier alpha value is -3.86. The highest BCUT2D eigenvalue weighted by atomic mass is 35.5. The van der Waals surface area contributed by atoms with Crippen LogP contribution in [-0.2, 0) is 15.3 Å². The molecule has 2 N–H and O–H groups in total. The molecule has 5 rings (SSSR count). The van der Waals surface area contributed by atoms with Crippen LogP contribution in [0.5, 0.6) is 11.5 Å². The molecule has 1 aliphatic rings. The highest BCUT2D eigenvalue weighted by molar-refractivity contribution is 8.00. The number of benzene rings is 3. The van der Waals surface area contributed by atoms with E-state index >= 15 is 0 Å². The van der Waals surface area contributed by atoms with E-state index in [0.717, 1.165) is 16.7 Å². The van der Waals surface area contributed by atoms with Crippen LogP contribution in [0.3, 0.4) is 0 Å². The maximum absolute atomic E-state index is 13.5. The number of hydrogen-bond acceptors (Lipinski definition) is 9. The molecule has 0 saturated carbocycles. The van der Waals surface area contributed by atoms with Crippen molar-refractivity contribution >= 4 is 57.3 Å². The number of thioether (sulfide) groups is 1. The quantitative estimate of drug-likeness (QED) is 0.0827. The molecule has 1 unspecified atom stereocenters. The Balaban J connectivity index is 1.59. The zero-order valence-corrected chi connectivity index (χ0v) is 24.1. The van der Waals surface area contributed by atoms with Crippen molar-refractivity contribution in [2.75, 3.05) is 12.0 Å². The van der Waals surface area contributed by atoms with Gasteiger partial charge >= 0.3 is 5.91 Å². The van der Waals surface area contributed by atoms with E-state index in [0.29, 0.717) is 26.2 Å². The molecule has 0 spiro atoms. The number of ether oxygens (including phenoxy) is 1. The van der Waals surface area contributed by atoms with Gasteiger partial charge in [0.05, 0.1) is 18.7 Å². The van der Waals surface area contributed by atoms with Crippen LogP contribution in [0.1, 0.15) is 33.9 Å². The van der Waals surface area contributed by atoms with Gasteiger partial charge in [-0.25, -0.2) is 0 Å². The summed E-state index contributed by atoms with van der Waals surface area (Å²) in [5, 5.41) is 31.0. The van der Waals surface area contributed by atoms with Gasteiger partial charge in [-0.1, -0.05) is 70.6 Å². The molecule has 1 aliphatic heterocycles. The third-order valence-corrected chi connectivity index (χ3v) is 8.87. The van der Waals surface area contributed by atoms with E-state index in [9.17, 15) is 19.8 Å². The lowest BCUT2D eigenvalue weighted by molar-refractivity contribution is -0.132. The minimum absolute atomic E-state index is 0.0861. The Morgan fingerprint density at radius 2 is 1.82 bits per heavy atom. The molecule has 40 heavy (non-hydrogen) atoms. The molecule has 11 heteroatoms. The van der Waals surface area contributed by atoms with Crippen LogP contribution in [0.4, 0.5) is 5.13 Å². The van der Waals surface area contributed by atoms with E-state index < -0.39 is 17.7 Å². The van der Waals surface area contributed by atoms with Gasteiger partial charge in [0.15, 0.2) is 15.8 Å². The molecule has 8 nitrogen and oxygen atoms in total. The first-order chi connectivity index (χ1) is 19.2. The number of aliphatic hydroxyl groups excluding tert-OH is 1. The SMILES string of the molecule is COc1cc(C2C(=C(O)c3cc(C)ccc3C)C(=O)C(=O)N2c2nnc(SCc3ccc(Cl)cc3)s2)ccc1O. The van der Waals surface area contributed by atoms with E-state index in [-0.39, 0.29) is 28.0 Å². The lowest BCUT2D eigenvalue weighted by Crippen LogP contribution is -2.29. The summed E-state index contributed by atoms with van der Waals surface area (Å²) < 4.78 is 5.89. The van der Waals surface area contributed by atoms with Crippen LogP contribution in [0.15, 0.2) is 70.6 Å². The molecule has 0 bridgehead atoms. The van der Waals surface area contributed by atoms with Gasteiger partial charge in [-0.15, -0.1) is 10.2 Å². The third kappa shape index (κ3) is 5.30. The van der Waals surface area contributed by atoms with Gasteiger partial charge in [-0.2, -0.15) is 0 Å². The van der Waals surface area contributed by atoms with Crippen molar-refractivity contribution in [3.05, 3.63) is 99.1 Å². The van der Waals surface area contributed by atoms with Gasteiger partial charge in [-0.3, -0.25) is 14.5 Å². The number of phenols is 1. The number of halogens is 1. The van der Waals surface area contributed by atoms with Crippen LogP contribution < -0.4 is 9.64 Å². The number of carbonyl (C=O) groups is 2. The molecule has 1 amide bonds. The predicted molar refractivity (Wildman–Crippen MR) is 156 cm³/mol. The normalized spacial score (nSPS) is 16.5. The Bertz CT molecular complexity index is 1650. The fourth-order valence-corrected chi connectivity index (χ4v) is 6.38. The van der Waals surface area contributed by atoms with Gasteiger partial charge in [0.2, 0.25) is 5.13 Å². The summed E-state index contributed by atoms with van der Waals surface area (Å²) in [7, 11) is 1.40. The van der Waals surface area contributed by atoms with Crippen molar-refractivity contribution in [2.45, 2.75) is 30.0 Å². The molecule has 1 atom stereocenters. The number of amides is 1. The minimum Gasteiger partial charge on any atom is -0.507 e. The number of hydrogen-bond donors (Lipinski definition) is 2. The number of rotatable bonds is 7. The number of aliphatic hydroxyl groups is 1. The number of Topliss-reactive ketones (excluding diaryl/α,β-unsaturated/α-hetero) is 1. The van der Waals surface area contributed by atoms with E-state index in [1.165, 1.54) is 47.2 Å². The summed E-state index contributed by atoms with van der Waals surface area (Å²) in [5.74, 6) is -1.31. The van der Waals surface area contributed by atoms with Crippen LogP contribution in [0, 0.1) is 13.8 Å². The first kappa shape index (κ1) is 27.7. The summed E-state index contributed by atoms with van der Waals surface area (Å²) in [6.45, 7) is 3.69. The van der Waals surface area contributed by atoms with Crippen molar-refractivity contribution in [1.29, 1.82) is 0 Å². The minimum atomic E-state index is -1.03. The van der Waals surface area contributed by atoms with Gasteiger partial charge < -0.3 is 14.9 Å². The van der Waals surface area contributed by atoms with Crippen LogP contribution >= 0.6 is 34.7 Å². The van der Waals surface area contributed by atoms with Crippen LogP contribution in [0.25, 0.3) is 5.76 Å². The largest absolute Gasteiger partial charge is 0.507 e. The summed E-state index contributed by atoms with van der Waals surface area (Å²) in [6.07, 6.45) is 0. The molecule has 1 fully saturated rings. The molecule has 1 saturated heterocycles. The molecule has 204 valence electrons. The average Bonchev–Trinajstić information content (AvgIpc) is 3.51. The summed E-state index contributed by atoms with van der Waals surface area (Å²) in [4.78, 5) is 28.2. The lowest BCUT2D eigenvalue weighted by atomic mass is 9.93. The van der Waals surface area contributed by atoms with Gasteiger partial charge in [0.1, 0.15) is 5.76 Å². The van der Waals surface area contributed by atoms with Crippen molar-refractivity contribution < 1.29 is 24.5 Å². The Labute approximate surface area is 243 Å². The van der Waals surface area contributed by atoms with Gasteiger partial charge in [0.25, 0.3) is 5.78 Å². The number of anilines is 1. The number of aromatic hydroxyl groups is 1. The zero-order valence-electron chi connectivity index (χ0n) is 21.7. The van der Waals surface area contributed by atoms with Crippen molar-refractivity contribution in [3.8, 4) is 11.5 Å². The molecule has 0 aliphatic carbocycles. The second kappa shape index (κ2) is 11.3. The zero-order chi connectivity index (χ0) is 28.6. The monoisotopic (exact) mass is 593 g/mol. The van der Waals surface area contributed by atoms with Crippen LogP contribution in [0.2, 0.25) is 5.02 Å². The molecular formula is C29H24ClN3O5S2. The predicted octanol–water partition coefficient (Wildman–Crippen LogP) is 6.44. The number of aryl methyl sites for hydroxylation is 2. The highest BCUT2D eigenvalue weighted by Crippen LogP contribution is 2.45. The number of carbonyl (C=O) groups excluding carboxylic acids is 2. The van der Waals surface area contributed by atoms with Crippen molar-refractivity contribution in [3.63, 3.8) is 0 Å². The Morgan fingerprint density at radius 1 is 1.07 bits per heavy atom. The number of nitrogens with zero attached hydrogens (tertiary/aromatic N) is 3. The Kier molecular flexibility index (Phi) is 7.84. The molecule has 0 radical (unpaired) electrons. The molecule has 2 heterocycles. The molecular weight excluding hydrogens is 570 g/mol. The van der Waals surface area contributed by atoms with Gasteiger partial charge in [0, 0.05) is 16.3 Å². The first-order valence-electron chi connectivity index (χ1n) is 12.1. The fourth-order valence-electron chi connectivity index (χ4n) is 4.43. The molecule has 3 aromatic carbocycles. The van der Waals surface area contributed by atoms with E-state index in [4.69, 9.17) is 16.3 Å². The third-order valence-electron chi connectivity index (χ3n) is 6.49. The second-order valence-corrected chi connectivity index (χ2v) is 11.8. The molecule has 1 aromatic heterocycles. The van der Waals surface area contributed by atoms with E-state index in [1.807, 2.05) is 50.2 Å². The maximum Gasteiger partial charge on any atom is 0.301 e. The maximum atomic E-state index is 13.5. The Morgan fingerprint density at radius 3 is 2.55 bits per heavy atom. The van der Waals surface area contributed by atoms with Crippen molar-refractivity contribution in [1.82, 2.24) is 10.2 Å². The second-order valence-electron chi connectivity index (χ2n) is 9.18. The number of phenolic OH excluding ortho intramolecular Hbond substituents is 1. The summed E-state index contributed by atoms with van der Waals surface area (Å²) in [6, 6.07) is 16.5. The fraction of sp³-hybridized carbons (Fsp3) is 0.172.